The summed E-state index contributed by atoms with van der Waals surface area (Å²) in [4.78, 5) is 14.8. The second kappa shape index (κ2) is 10.3. The molecule has 1 aromatic rings. The second-order valence-electron chi connectivity index (χ2n) is 6.35. The van der Waals surface area contributed by atoms with Crippen LogP contribution in [0.3, 0.4) is 0 Å². The highest BCUT2D eigenvalue weighted by Crippen LogP contribution is 2.31. The first-order valence-corrected chi connectivity index (χ1v) is 8.25. The molecule has 2 aliphatic rings. The Morgan fingerprint density at radius 2 is 2.00 bits per heavy atom. The normalized spacial score (nSPS) is 19.9. The van der Waals surface area contributed by atoms with Gasteiger partial charge in [0.15, 0.2) is 0 Å². The number of ether oxygens (including phenoxy) is 1. The second-order valence-corrected chi connectivity index (χ2v) is 6.35. The SMILES string of the molecule is Cl.Cl.NC(CNC(=O)C(c1cccc(F)c1)N1CCOCC1)C1CC1. The molecule has 0 aromatic heterocycles. The molecule has 1 amide bonds. The standard InChI is InChI=1S/C17H24FN3O2.2ClH/c18-14-3-1-2-13(10-14)16(21-6-8-23-9-7-21)17(22)20-11-15(19)12-4-5-12;;/h1-3,10,12,15-16H,4-9,11,19H2,(H,20,22);2*1H. The quantitative estimate of drug-likeness (QED) is 0.774. The van der Waals surface area contributed by atoms with Crippen molar-refractivity contribution >= 4 is 30.7 Å². The molecular weight excluding hydrogens is 368 g/mol. The lowest BCUT2D eigenvalue weighted by atomic mass is 10.0. The topological polar surface area (TPSA) is 67.6 Å². The van der Waals surface area contributed by atoms with E-state index in [2.05, 4.69) is 5.32 Å². The highest BCUT2D eigenvalue weighted by atomic mass is 35.5. The molecule has 142 valence electrons. The molecular formula is C17H26Cl2FN3O2. The summed E-state index contributed by atoms with van der Waals surface area (Å²) in [6.45, 7) is 2.95. The number of nitrogens with one attached hydrogen (secondary N) is 1. The number of rotatable bonds is 6. The van der Waals surface area contributed by atoms with Crippen LogP contribution in [0, 0.1) is 11.7 Å². The number of morpholine rings is 1. The first kappa shape index (κ1) is 22.1. The van der Waals surface area contributed by atoms with Gasteiger partial charge < -0.3 is 15.8 Å². The summed E-state index contributed by atoms with van der Waals surface area (Å²) in [6.07, 6.45) is 2.29. The Kier molecular flexibility index (Phi) is 9.10. The van der Waals surface area contributed by atoms with E-state index in [9.17, 15) is 9.18 Å². The molecule has 1 aliphatic heterocycles. The lowest BCUT2D eigenvalue weighted by Gasteiger charge is -2.34. The molecule has 1 aliphatic carbocycles. The van der Waals surface area contributed by atoms with Crippen LogP contribution in [-0.2, 0) is 9.53 Å². The number of hydrogen-bond acceptors (Lipinski definition) is 4. The largest absolute Gasteiger partial charge is 0.379 e. The van der Waals surface area contributed by atoms with Crippen molar-refractivity contribution < 1.29 is 13.9 Å². The molecule has 1 aromatic carbocycles. The lowest BCUT2D eigenvalue weighted by molar-refractivity contribution is -0.128. The Morgan fingerprint density at radius 1 is 1.32 bits per heavy atom. The first-order valence-electron chi connectivity index (χ1n) is 8.25. The van der Waals surface area contributed by atoms with Crippen LogP contribution in [-0.4, -0.2) is 49.7 Å². The Hall–Kier alpha value is -0.920. The minimum Gasteiger partial charge on any atom is -0.379 e. The van der Waals surface area contributed by atoms with E-state index >= 15 is 0 Å². The van der Waals surface area contributed by atoms with Gasteiger partial charge in [-0.25, -0.2) is 4.39 Å². The van der Waals surface area contributed by atoms with Crippen molar-refractivity contribution in [1.82, 2.24) is 10.2 Å². The molecule has 0 bridgehead atoms. The molecule has 1 saturated carbocycles. The van der Waals surface area contributed by atoms with E-state index in [0.29, 0.717) is 44.3 Å². The first-order chi connectivity index (χ1) is 11.1. The molecule has 0 radical (unpaired) electrons. The van der Waals surface area contributed by atoms with E-state index in [-0.39, 0.29) is 42.6 Å². The minimum atomic E-state index is -0.499. The van der Waals surface area contributed by atoms with E-state index in [1.807, 2.05) is 4.90 Å². The number of benzene rings is 1. The van der Waals surface area contributed by atoms with E-state index in [4.69, 9.17) is 10.5 Å². The third-order valence-electron chi connectivity index (χ3n) is 4.56. The van der Waals surface area contributed by atoms with Gasteiger partial charge in [-0.3, -0.25) is 9.69 Å². The van der Waals surface area contributed by atoms with Crippen molar-refractivity contribution in [2.24, 2.45) is 11.7 Å². The summed E-state index contributed by atoms with van der Waals surface area (Å²) in [5, 5.41) is 2.95. The van der Waals surface area contributed by atoms with Crippen LogP contribution in [0.15, 0.2) is 24.3 Å². The van der Waals surface area contributed by atoms with Crippen LogP contribution in [0.25, 0.3) is 0 Å². The molecule has 0 spiro atoms. The van der Waals surface area contributed by atoms with Crippen LogP contribution in [0.2, 0.25) is 0 Å². The molecule has 3 rings (SSSR count). The van der Waals surface area contributed by atoms with Crippen molar-refractivity contribution in [3.05, 3.63) is 35.6 Å². The molecule has 1 heterocycles. The molecule has 2 atom stereocenters. The maximum Gasteiger partial charge on any atom is 0.242 e. The zero-order chi connectivity index (χ0) is 16.2. The number of nitrogens with two attached hydrogens (primary N) is 1. The van der Waals surface area contributed by atoms with Crippen LogP contribution in [0.1, 0.15) is 24.4 Å². The maximum atomic E-state index is 13.6. The predicted octanol–water partition coefficient (Wildman–Crippen LogP) is 1.90. The molecule has 1 saturated heterocycles. The van der Waals surface area contributed by atoms with Gasteiger partial charge in [0.1, 0.15) is 11.9 Å². The Balaban J connectivity index is 0.00000156. The summed E-state index contributed by atoms with van der Waals surface area (Å²) in [6, 6.07) is 5.77. The monoisotopic (exact) mass is 393 g/mol. The van der Waals surface area contributed by atoms with Gasteiger partial charge in [0.25, 0.3) is 0 Å². The summed E-state index contributed by atoms with van der Waals surface area (Å²) >= 11 is 0. The zero-order valence-corrected chi connectivity index (χ0v) is 15.7. The molecule has 2 unspecified atom stereocenters. The zero-order valence-electron chi connectivity index (χ0n) is 14.0. The van der Waals surface area contributed by atoms with Gasteiger partial charge in [0.05, 0.1) is 13.2 Å². The van der Waals surface area contributed by atoms with Gasteiger partial charge in [-0.1, -0.05) is 12.1 Å². The lowest BCUT2D eigenvalue weighted by Crippen LogP contribution is -2.48. The van der Waals surface area contributed by atoms with E-state index in [1.54, 1.807) is 12.1 Å². The number of nitrogens with zero attached hydrogens (tertiary/aromatic N) is 1. The van der Waals surface area contributed by atoms with Gasteiger partial charge >= 0.3 is 0 Å². The Labute approximate surface area is 160 Å². The van der Waals surface area contributed by atoms with Crippen LogP contribution in [0.5, 0.6) is 0 Å². The number of halogens is 3. The number of amides is 1. The predicted molar refractivity (Wildman–Crippen MR) is 99.7 cm³/mol. The van der Waals surface area contributed by atoms with E-state index in [0.717, 1.165) is 12.8 Å². The third kappa shape index (κ3) is 6.08. The number of carbonyl (C=O) groups excluding carboxylic acids is 1. The maximum absolute atomic E-state index is 13.6. The van der Waals surface area contributed by atoms with E-state index in [1.165, 1.54) is 12.1 Å². The smallest absolute Gasteiger partial charge is 0.242 e. The van der Waals surface area contributed by atoms with Gasteiger partial charge in [-0.15, -0.1) is 24.8 Å². The average molecular weight is 394 g/mol. The van der Waals surface area contributed by atoms with Crippen molar-refractivity contribution in [3.63, 3.8) is 0 Å². The van der Waals surface area contributed by atoms with Gasteiger partial charge in [0.2, 0.25) is 5.91 Å². The van der Waals surface area contributed by atoms with E-state index < -0.39 is 6.04 Å². The molecule has 5 nitrogen and oxygen atoms in total. The van der Waals surface area contributed by atoms with Crippen molar-refractivity contribution in [3.8, 4) is 0 Å². The summed E-state index contributed by atoms with van der Waals surface area (Å²) in [7, 11) is 0. The summed E-state index contributed by atoms with van der Waals surface area (Å²) < 4.78 is 19.0. The van der Waals surface area contributed by atoms with Crippen molar-refractivity contribution in [1.29, 1.82) is 0 Å². The summed E-state index contributed by atoms with van der Waals surface area (Å²) in [5.74, 6) is 0.0862. The fourth-order valence-electron chi connectivity index (χ4n) is 3.05. The van der Waals surface area contributed by atoms with Crippen molar-refractivity contribution in [2.75, 3.05) is 32.8 Å². The van der Waals surface area contributed by atoms with Crippen LogP contribution < -0.4 is 11.1 Å². The van der Waals surface area contributed by atoms with Crippen LogP contribution in [0.4, 0.5) is 4.39 Å². The number of hydrogen-bond donors (Lipinski definition) is 2. The molecule has 3 N–H and O–H groups in total. The molecule has 25 heavy (non-hydrogen) atoms. The molecule has 2 fully saturated rings. The highest BCUT2D eigenvalue weighted by molar-refractivity contribution is 5.85. The van der Waals surface area contributed by atoms with Gasteiger partial charge in [-0.05, 0) is 36.5 Å². The van der Waals surface area contributed by atoms with Gasteiger partial charge in [0, 0.05) is 25.7 Å². The third-order valence-corrected chi connectivity index (χ3v) is 4.56. The average Bonchev–Trinajstić information content (AvgIpc) is 3.39. The van der Waals surface area contributed by atoms with Gasteiger partial charge in [-0.2, -0.15) is 0 Å². The Bertz CT molecular complexity index is 554. The van der Waals surface area contributed by atoms with Crippen molar-refractivity contribution in [2.45, 2.75) is 24.9 Å². The fraction of sp³-hybridized carbons (Fsp3) is 0.588. The number of carbonyl (C=O) groups is 1. The fourth-order valence-corrected chi connectivity index (χ4v) is 3.05. The minimum absolute atomic E-state index is 0. The summed E-state index contributed by atoms with van der Waals surface area (Å²) in [5.41, 5.74) is 6.73. The Morgan fingerprint density at radius 3 is 2.60 bits per heavy atom. The van der Waals surface area contributed by atoms with Crippen LogP contribution >= 0.6 is 24.8 Å². The highest BCUT2D eigenvalue weighted by Gasteiger charge is 2.32. The molecule has 8 heteroatoms.